The number of carbonyl (C=O) groups is 1. The predicted molar refractivity (Wildman–Crippen MR) is 183 cm³/mol. The standard InChI is InChI=1S/C36H30BrN3O5S/c1-22-32(34(41)39-26-12-8-5-9-13-26)33(24-14-16-27(43-2)17-15-24)40-35(42)31(46-36(40)38-22)19-25-18-29(44-3)30(20-28(25)37)45-21-23-10-6-4-7-11-23/h4-20,33H,21H2,1-3H3,(H,39,41)/b31-19+/t33-/m1/s1. The van der Waals surface area contributed by atoms with Crippen molar-refractivity contribution in [3.63, 3.8) is 0 Å². The topological polar surface area (TPSA) is 91.2 Å². The Morgan fingerprint density at radius 2 is 1.65 bits per heavy atom. The van der Waals surface area contributed by atoms with Crippen LogP contribution in [0.15, 0.2) is 123 Å². The molecule has 8 nitrogen and oxygen atoms in total. The molecule has 0 spiro atoms. The molecule has 4 aromatic carbocycles. The van der Waals surface area contributed by atoms with Crippen molar-refractivity contribution in [3.8, 4) is 17.2 Å². The highest BCUT2D eigenvalue weighted by Crippen LogP contribution is 2.35. The molecule has 1 amide bonds. The van der Waals surface area contributed by atoms with Gasteiger partial charge in [0, 0.05) is 10.2 Å². The van der Waals surface area contributed by atoms with Crippen molar-refractivity contribution in [2.75, 3.05) is 19.5 Å². The van der Waals surface area contributed by atoms with Crippen LogP contribution in [0.25, 0.3) is 6.08 Å². The summed E-state index contributed by atoms with van der Waals surface area (Å²) in [6.07, 6.45) is 1.80. The number of amides is 1. The van der Waals surface area contributed by atoms with E-state index in [1.807, 2.05) is 97.1 Å². The van der Waals surface area contributed by atoms with Crippen LogP contribution in [0.5, 0.6) is 17.2 Å². The molecule has 232 valence electrons. The van der Waals surface area contributed by atoms with Crippen LogP contribution in [-0.4, -0.2) is 24.7 Å². The van der Waals surface area contributed by atoms with Crippen LogP contribution in [-0.2, 0) is 11.4 Å². The quantitative estimate of drug-likeness (QED) is 0.197. The van der Waals surface area contributed by atoms with Gasteiger partial charge in [-0.25, -0.2) is 4.99 Å². The Labute approximate surface area is 278 Å². The molecule has 0 aliphatic carbocycles. The van der Waals surface area contributed by atoms with Crippen molar-refractivity contribution in [1.29, 1.82) is 0 Å². The molecule has 0 saturated heterocycles. The van der Waals surface area contributed by atoms with Gasteiger partial charge >= 0.3 is 0 Å². The lowest BCUT2D eigenvalue weighted by Crippen LogP contribution is -2.40. The van der Waals surface area contributed by atoms with Crippen LogP contribution in [0.3, 0.4) is 0 Å². The molecular formula is C36H30BrN3O5S. The van der Waals surface area contributed by atoms with Gasteiger partial charge in [0.25, 0.3) is 11.5 Å². The number of rotatable bonds is 9. The van der Waals surface area contributed by atoms with Crippen LogP contribution < -0.4 is 34.4 Å². The van der Waals surface area contributed by atoms with Crippen molar-refractivity contribution in [2.45, 2.75) is 19.6 Å². The van der Waals surface area contributed by atoms with Crippen molar-refractivity contribution in [1.82, 2.24) is 4.57 Å². The molecular weight excluding hydrogens is 666 g/mol. The van der Waals surface area contributed by atoms with Crippen molar-refractivity contribution in [3.05, 3.63) is 149 Å². The normalized spacial score (nSPS) is 14.3. The first-order valence-corrected chi connectivity index (χ1v) is 16.0. The van der Waals surface area contributed by atoms with E-state index in [9.17, 15) is 9.59 Å². The summed E-state index contributed by atoms with van der Waals surface area (Å²) < 4.78 is 19.8. The average Bonchev–Trinajstić information content (AvgIpc) is 3.38. The maximum Gasteiger partial charge on any atom is 0.271 e. The number of aromatic nitrogens is 1. The minimum absolute atomic E-state index is 0.266. The third-order valence-corrected chi connectivity index (χ3v) is 9.21. The van der Waals surface area contributed by atoms with Gasteiger partial charge in [0.15, 0.2) is 16.3 Å². The number of hydrogen-bond donors (Lipinski definition) is 1. The van der Waals surface area contributed by atoms with Gasteiger partial charge in [-0.3, -0.25) is 14.2 Å². The molecule has 10 heteroatoms. The summed E-state index contributed by atoms with van der Waals surface area (Å²) in [7, 11) is 3.17. The second-order valence-corrected chi connectivity index (χ2v) is 12.3. The van der Waals surface area contributed by atoms with Crippen LogP contribution >= 0.6 is 27.3 Å². The van der Waals surface area contributed by atoms with E-state index >= 15 is 0 Å². The van der Waals surface area contributed by atoms with E-state index in [4.69, 9.17) is 19.2 Å². The number of halogens is 1. The molecule has 2 heterocycles. The lowest BCUT2D eigenvalue weighted by atomic mass is 9.95. The highest BCUT2D eigenvalue weighted by Gasteiger charge is 2.32. The first-order valence-electron chi connectivity index (χ1n) is 14.4. The molecule has 1 atom stereocenters. The number of carbonyl (C=O) groups excluding carboxylic acids is 1. The molecule has 1 N–H and O–H groups in total. The second-order valence-electron chi connectivity index (χ2n) is 10.5. The number of hydrogen-bond acceptors (Lipinski definition) is 7. The lowest BCUT2D eigenvalue weighted by molar-refractivity contribution is -0.113. The van der Waals surface area contributed by atoms with E-state index in [1.165, 1.54) is 11.3 Å². The van der Waals surface area contributed by atoms with Crippen LogP contribution in [0.1, 0.15) is 29.7 Å². The van der Waals surface area contributed by atoms with Crippen molar-refractivity contribution in [2.24, 2.45) is 4.99 Å². The second kappa shape index (κ2) is 13.6. The lowest BCUT2D eigenvalue weighted by Gasteiger charge is -2.25. The van der Waals surface area contributed by atoms with Gasteiger partial charge in [0.1, 0.15) is 12.4 Å². The molecule has 0 fully saturated rings. The van der Waals surface area contributed by atoms with Crippen LogP contribution in [0.2, 0.25) is 0 Å². The minimum atomic E-state index is -0.709. The highest BCUT2D eigenvalue weighted by atomic mass is 79.9. The molecule has 6 rings (SSSR count). The Kier molecular flexibility index (Phi) is 9.18. The molecule has 1 aliphatic heterocycles. The monoisotopic (exact) mass is 695 g/mol. The number of nitrogens with zero attached hydrogens (tertiary/aromatic N) is 2. The third-order valence-electron chi connectivity index (χ3n) is 7.54. The van der Waals surface area contributed by atoms with E-state index in [1.54, 1.807) is 31.8 Å². The van der Waals surface area contributed by atoms with Gasteiger partial charge in [-0.2, -0.15) is 0 Å². The summed E-state index contributed by atoms with van der Waals surface area (Å²) in [6.45, 7) is 2.18. The molecule has 0 radical (unpaired) electrons. The summed E-state index contributed by atoms with van der Waals surface area (Å²) in [4.78, 5) is 33.2. The number of benzene rings is 4. The maximum absolute atomic E-state index is 14.2. The number of fused-ring (bicyclic) bond motifs is 1. The van der Waals surface area contributed by atoms with E-state index in [2.05, 4.69) is 21.2 Å². The van der Waals surface area contributed by atoms with Crippen LogP contribution in [0, 0.1) is 0 Å². The fourth-order valence-electron chi connectivity index (χ4n) is 5.24. The van der Waals surface area contributed by atoms with Gasteiger partial charge < -0.3 is 19.5 Å². The summed E-state index contributed by atoms with van der Waals surface area (Å²) in [5.74, 6) is 1.44. The molecule has 46 heavy (non-hydrogen) atoms. The third kappa shape index (κ3) is 6.40. The number of para-hydroxylation sites is 1. The zero-order valence-electron chi connectivity index (χ0n) is 25.3. The van der Waals surface area contributed by atoms with Gasteiger partial charge in [-0.15, -0.1) is 0 Å². The minimum Gasteiger partial charge on any atom is -0.497 e. The molecule has 1 aromatic heterocycles. The number of thiazole rings is 1. The van der Waals surface area contributed by atoms with E-state index in [0.717, 1.165) is 21.2 Å². The number of anilines is 1. The van der Waals surface area contributed by atoms with E-state index in [-0.39, 0.29) is 11.5 Å². The number of nitrogens with one attached hydrogen (secondary N) is 1. The number of allylic oxidation sites excluding steroid dienone is 1. The first-order chi connectivity index (χ1) is 22.4. The zero-order valence-corrected chi connectivity index (χ0v) is 27.7. The Bertz CT molecular complexity index is 2110. The van der Waals surface area contributed by atoms with Gasteiger partial charge in [-0.05, 0) is 66.1 Å². The Balaban J connectivity index is 1.42. The fraction of sp³-hybridized carbons (Fsp3) is 0.139. The SMILES string of the molecule is COc1ccc([C@@H]2C(C(=O)Nc3ccccc3)=C(C)N=c3s/c(=C/c4cc(OC)c(OCc5ccccc5)cc4Br)c(=O)n32)cc1. The summed E-state index contributed by atoms with van der Waals surface area (Å²) in [5.41, 5.74) is 3.81. The molecule has 0 unspecified atom stereocenters. The molecule has 5 aromatic rings. The largest absolute Gasteiger partial charge is 0.497 e. The average molecular weight is 697 g/mol. The number of methoxy groups -OCH3 is 2. The highest BCUT2D eigenvalue weighted by molar-refractivity contribution is 9.10. The Hall–Kier alpha value is -4.93. The van der Waals surface area contributed by atoms with Gasteiger partial charge in [-0.1, -0.05) is 87.9 Å². The summed E-state index contributed by atoms with van der Waals surface area (Å²) >= 11 is 4.92. The molecule has 1 aliphatic rings. The predicted octanol–water partition coefficient (Wildman–Crippen LogP) is 6.23. The van der Waals surface area contributed by atoms with E-state index < -0.39 is 6.04 Å². The van der Waals surface area contributed by atoms with Crippen molar-refractivity contribution >= 4 is 44.9 Å². The maximum atomic E-state index is 14.2. The summed E-state index contributed by atoms with van der Waals surface area (Å²) in [6, 6.07) is 29.4. The Morgan fingerprint density at radius 3 is 2.33 bits per heavy atom. The first kappa shape index (κ1) is 31.1. The fourth-order valence-corrected chi connectivity index (χ4v) is 6.72. The van der Waals surface area contributed by atoms with Crippen LogP contribution in [0.4, 0.5) is 5.69 Å². The number of ether oxygens (including phenoxy) is 3. The smallest absolute Gasteiger partial charge is 0.271 e. The summed E-state index contributed by atoms with van der Waals surface area (Å²) in [5, 5.41) is 2.97. The van der Waals surface area contributed by atoms with Gasteiger partial charge in [0.2, 0.25) is 0 Å². The van der Waals surface area contributed by atoms with E-state index in [0.29, 0.717) is 50.1 Å². The molecule has 0 bridgehead atoms. The molecule has 0 saturated carbocycles. The van der Waals surface area contributed by atoms with Gasteiger partial charge in [0.05, 0.1) is 36.1 Å². The Morgan fingerprint density at radius 1 is 0.957 bits per heavy atom. The van der Waals surface area contributed by atoms with Crippen molar-refractivity contribution < 1.29 is 19.0 Å². The zero-order chi connectivity index (χ0) is 32.2.